The summed E-state index contributed by atoms with van der Waals surface area (Å²) in [6, 6.07) is 0. The predicted molar refractivity (Wildman–Crippen MR) is 303 cm³/mol. The van der Waals surface area contributed by atoms with E-state index in [2.05, 4.69) is 34.6 Å². The van der Waals surface area contributed by atoms with Crippen molar-refractivity contribution in [3.8, 4) is 0 Å². The van der Waals surface area contributed by atoms with Gasteiger partial charge in [-0.1, -0.05) is 324 Å². The van der Waals surface area contributed by atoms with Crippen LogP contribution in [0, 0.1) is 11.8 Å². The van der Waals surface area contributed by atoms with Gasteiger partial charge in [0.15, 0.2) is 6.10 Å². The van der Waals surface area contributed by atoms with Crippen LogP contribution >= 0.6 is 0 Å². The molecule has 0 rings (SSSR count). The molecule has 0 aromatic rings. The Balaban J connectivity index is 4.29. The van der Waals surface area contributed by atoms with Crippen LogP contribution in [0.2, 0.25) is 0 Å². The third-order valence-electron chi connectivity index (χ3n) is 14.7. The van der Waals surface area contributed by atoms with E-state index < -0.39 is 6.10 Å². The standard InChI is InChI=1S/C64H124O6/c1-6-7-8-9-10-11-12-13-14-18-24-29-34-39-44-49-54-62(65)68-57-61(70-64(67)56-51-46-41-36-31-26-21-20-23-28-33-38-43-48-53-60(4)5)58-69-63(66)55-50-45-40-35-30-25-19-16-15-17-22-27-32-37-42-47-52-59(2)3/h59-61H,6-58H2,1-5H3/t61-/m0/s1. The first-order chi connectivity index (χ1) is 34.2. The Morgan fingerprint density at radius 2 is 0.471 bits per heavy atom. The van der Waals surface area contributed by atoms with Crippen molar-refractivity contribution in [2.24, 2.45) is 11.8 Å². The van der Waals surface area contributed by atoms with Crippen molar-refractivity contribution in [1.29, 1.82) is 0 Å². The van der Waals surface area contributed by atoms with Crippen molar-refractivity contribution in [3.63, 3.8) is 0 Å². The lowest BCUT2D eigenvalue weighted by Gasteiger charge is -2.18. The second-order valence-corrected chi connectivity index (χ2v) is 23.0. The van der Waals surface area contributed by atoms with E-state index in [1.54, 1.807) is 0 Å². The minimum absolute atomic E-state index is 0.0618. The fourth-order valence-electron chi connectivity index (χ4n) is 9.93. The molecular formula is C64H124O6. The first kappa shape index (κ1) is 68.4. The van der Waals surface area contributed by atoms with Gasteiger partial charge in [-0.15, -0.1) is 0 Å². The molecule has 0 aliphatic rings. The van der Waals surface area contributed by atoms with Gasteiger partial charge >= 0.3 is 17.9 Å². The quantitative estimate of drug-likeness (QED) is 0.0343. The largest absolute Gasteiger partial charge is 0.462 e. The molecule has 0 radical (unpaired) electrons. The zero-order valence-electron chi connectivity index (χ0n) is 48.2. The third-order valence-corrected chi connectivity index (χ3v) is 14.7. The summed E-state index contributed by atoms with van der Waals surface area (Å²) in [5, 5.41) is 0. The molecule has 0 aliphatic heterocycles. The van der Waals surface area contributed by atoms with Crippen LogP contribution in [-0.2, 0) is 28.6 Å². The second kappa shape index (κ2) is 56.7. The lowest BCUT2D eigenvalue weighted by atomic mass is 10.0. The van der Waals surface area contributed by atoms with Crippen molar-refractivity contribution in [3.05, 3.63) is 0 Å². The van der Waals surface area contributed by atoms with Crippen LogP contribution in [0.1, 0.15) is 362 Å². The summed E-state index contributed by atoms with van der Waals surface area (Å²) in [6.07, 6.45) is 62.4. The summed E-state index contributed by atoms with van der Waals surface area (Å²) in [7, 11) is 0. The smallest absolute Gasteiger partial charge is 0.306 e. The lowest BCUT2D eigenvalue weighted by Crippen LogP contribution is -2.30. The topological polar surface area (TPSA) is 78.9 Å². The SMILES string of the molecule is CCCCCCCCCCCCCCCCCCC(=O)OC[C@@H](COC(=O)CCCCCCCCCCCCCCCCCCC(C)C)OC(=O)CCCCCCCCCCCCCCCCC(C)C. The fourth-order valence-corrected chi connectivity index (χ4v) is 9.93. The van der Waals surface area contributed by atoms with E-state index in [0.717, 1.165) is 69.6 Å². The molecule has 0 N–H and O–H groups in total. The van der Waals surface area contributed by atoms with Crippen molar-refractivity contribution in [1.82, 2.24) is 0 Å². The van der Waals surface area contributed by atoms with Gasteiger partial charge in [-0.25, -0.2) is 0 Å². The van der Waals surface area contributed by atoms with E-state index in [1.807, 2.05) is 0 Å². The molecule has 0 saturated heterocycles. The third kappa shape index (κ3) is 57.3. The Morgan fingerprint density at radius 1 is 0.271 bits per heavy atom. The van der Waals surface area contributed by atoms with E-state index in [-0.39, 0.29) is 31.1 Å². The summed E-state index contributed by atoms with van der Waals surface area (Å²) in [6.45, 7) is 11.5. The summed E-state index contributed by atoms with van der Waals surface area (Å²) >= 11 is 0. The maximum Gasteiger partial charge on any atom is 0.306 e. The molecule has 0 fully saturated rings. The summed E-state index contributed by atoms with van der Waals surface area (Å²) < 4.78 is 17.0. The number of unbranched alkanes of at least 4 members (excludes halogenated alkanes) is 43. The van der Waals surface area contributed by atoms with Crippen LogP contribution in [0.4, 0.5) is 0 Å². The van der Waals surface area contributed by atoms with Crippen LogP contribution in [0.25, 0.3) is 0 Å². The fraction of sp³-hybridized carbons (Fsp3) is 0.953. The van der Waals surface area contributed by atoms with E-state index in [0.29, 0.717) is 19.3 Å². The van der Waals surface area contributed by atoms with Gasteiger partial charge in [0, 0.05) is 19.3 Å². The first-order valence-corrected chi connectivity index (χ1v) is 31.7. The highest BCUT2D eigenvalue weighted by Crippen LogP contribution is 2.19. The van der Waals surface area contributed by atoms with Crippen LogP contribution in [-0.4, -0.2) is 37.2 Å². The normalized spacial score (nSPS) is 12.0. The van der Waals surface area contributed by atoms with E-state index in [4.69, 9.17) is 14.2 Å². The number of esters is 3. The van der Waals surface area contributed by atoms with Crippen molar-refractivity contribution in [2.75, 3.05) is 13.2 Å². The summed E-state index contributed by atoms with van der Waals surface area (Å²) in [4.78, 5) is 38.3. The molecule has 6 nitrogen and oxygen atoms in total. The maximum atomic E-state index is 12.9. The molecule has 1 atom stereocenters. The van der Waals surface area contributed by atoms with Gasteiger partial charge in [-0.2, -0.15) is 0 Å². The molecule has 0 aromatic heterocycles. The average molecular weight is 990 g/mol. The molecule has 0 amide bonds. The molecular weight excluding hydrogens is 865 g/mol. The van der Waals surface area contributed by atoms with E-state index in [9.17, 15) is 14.4 Å². The molecule has 6 heteroatoms. The number of carbonyl (C=O) groups is 3. The molecule has 0 spiro atoms. The molecule has 416 valence electrons. The lowest BCUT2D eigenvalue weighted by molar-refractivity contribution is -0.167. The Morgan fingerprint density at radius 3 is 0.700 bits per heavy atom. The van der Waals surface area contributed by atoms with Crippen molar-refractivity contribution >= 4 is 17.9 Å². The number of hydrogen-bond donors (Lipinski definition) is 0. The zero-order chi connectivity index (χ0) is 51.1. The molecule has 0 saturated carbocycles. The highest BCUT2D eigenvalue weighted by atomic mass is 16.6. The van der Waals surface area contributed by atoms with Crippen LogP contribution in [0.15, 0.2) is 0 Å². The van der Waals surface area contributed by atoms with E-state index >= 15 is 0 Å². The average Bonchev–Trinajstić information content (AvgIpc) is 3.33. The first-order valence-electron chi connectivity index (χ1n) is 31.7. The highest BCUT2D eigenvalue weighted by Gasteiger charge is 2.19. The van der Waals surface area contributed by atoms with Crippen LogP contribution in [0.3, 0.4) is 0 Å². The van der Waals surface area contributed by atoms with Gasteiger partial charge in [-0.3, -0.25) is 14.4 Å². The maximum absolute atomic E-state index is 12.9. The number of hydrogen-bond acceptors (Lipinski definition) is 6. The van der Waals surface area contributed by atoms with Gasteiger partial charge in [0.1, 0.15) is 13.2 Å². The van der Waals surface area contributed by atoms with Gasteiger partial charge in [0.2, 0.25) is 0 Å². The molecule has 0 aliphatic carbocycles. The highest BCUT2D eigenvalue weighted by molar-refractivity contribution is 5.71. The second-order valence-electron chi connectivity index (χ2n) is 23.0. The molecule has 0 heterocycles. The number of rotatable bonds is 58. The Labute approximate surface area is 438 Å². The van der Waals surface area contributed by atoms with Crippen molar-refractivity contribution in [2.45, 2.75) is 368 Å². The number of carbonyl (C=O) groups excluding carboxylic acids is 3. The minimum Gasteiger partial charge on any atom is -0.462 e. The van der Waals surface area contributed by atoms with Gasteiger partial charge < -0.3 is 14.2 Å². The molecule has 0 unspecified atom stereocenters. The Hall–Kier alpha value is -1.59. The predicted octanol–water partition coefficient (Wildman–Crippen LogP) is 21.2. The summed E-state index contributed by atoms with van der Waals surface area (Å²) in [5.74, 6) is 0.865. The molecule has 0 aromatic carbocycles. The molecule has 0 bridgehead atoms. The van der Waals surface area contributed by atoms with Crippen molar-refractivity contribution < 1.29 is 28.6 Å². The van der Waals surface area contributed by atoms with Crippen LogP contribution in [0.5, 0.6) is 0 Å². The van der Waals surface area contributed by atoms with Gasteiger partial charge in [0.25, 0.3) is 0 Å². The Kier molecular flexibility index (Phi) is 55.4. The van der Waals surface area contributed by atoms with Gasteiger partial charge in [0.05, 0.1) is 0 Å². The monoisotopic (exact) mass is 989 g/mol. The van der Waals surface area contributed by atoms with Gasteiger partial charge in [-0.05, 0) is 31.1 Å². The summed E-state index contributed by atoms with van der Waals surface area (Å²) in [5.41, 5.74) is 0. The van der Waals surface area contributed by atoms with Crippen LogP contribution < -0.4 is 0 Å². The Bertz CT molecular complexity index is 1070. The van der Waals surface area contributed by atoms with E-state index in [1.165, 1.54) is 250 Å². The molecule has 70 heavy (non-hydrogen) atoms. The minimum atomic E-state index is -0.763. The zero-order valence-corrected chi connectivity index (χ0v) is 48.2. The number of ether oxygens (including phenoxy) is 3.